The first kappa shape index (κ1) is 22.5. The predicted octanol–water partition coefficient (Wildman–Crippen LogP) is 5.33. The number of ether oxygens (including phenoxy) is 1. The Balaban J connectivity index is 0. The first-order chi connectivity index (χ1) is 9.60. The van der Waals surface area contributed by atoms with Gasteiger partial charge in [0.05, 0.1) is 6.61 Å². The highest BCUT2D eigenvalue weighted by Gasteiger charge is 2.18. The van der Waals surface area contributed by atoms with E-state index in [2.05, 4.69) is 27.0 Å². The second-order valence-electron chi connectivity index (χ2n) is 6.67. The van der Waals surface area contributed by atoms with Crippen molar-refractivity contribution in [3.63, 3.8) is 0 Å². The first-order valence-corrected chi connectivity index (χ1v) is 7.63. The molecule has 0 aromatic heterocycles. The lowest BCUT2D eigenvalue weighted by Gasteiger charge is -2.22. The van der Waals surface area contributed by atoms with E-state index in [9.17, 15) is 4.79 Å². The molecule has 1 N–H and O–H groups in total. The van der Waals surface area contributed by atoms with Gasteiger partial charge >= 0.3 is 5.43 Å². The minimum Gasteiger partial charge on any atom is -0.453 e. The number of aliphatic hydroxyl groups excluding tert-OH is 1. The molecule has 0 bridgehead atoms. The van der Waals surface area contributed by atoms with E-state index < -0.39 is 5.43 Å². The highest BCUT2D eigenvalue weighted by atomic mass is 35.5. The monoisotopic (exact) mass is 318 g/mol. The summed E-state index contributed by atoms with van der Waals surface area (Å²) in [6.45, 7) is 16.0. The van der Waals surface area contributed by atoms with Crippen molar-refractivity contribution in [2.24, 2.45) is 10.8 Å². The lowest BCUT2D eigenvalue weighted by molar-refractivity contribution is 0.115. The van der Waals surface area contributed by atoms with Gasteiger partial charge in [0.25, 0.3) is 0 Å². The second kappa shape index (κ2) is 11.8. The molecule has 0 fully saturated rings. The van der Waals surface area contributed by atoms with Gasteiger partial charge in [-0.1, -0.05) is 39.8 Å². The van der Waals surface area contributed by atoms with Gasteiger partial charge in [0, 0.05) is 18.2 Å². The van der Waals surface area contributed by atoms with E-state index in [0.29, 0.717) is 6.61 Å². The van der Waals surface area contributed by atoms with Gasteiger partial charge in [0.15, 0.2) is 0 Å². The summed E-state index contributed by atoms with van der Waals surface area (Å²) >= 11 is 5.04. The average molecular weight is 319 g/mol. The number of carbonyl (C=O) groups is 1. The average Bonchev–Trinajstić information content (AvgIpc) is 2.42. The van der Waals surface area contributed by atoms with Crippen LogP contribution in [0.3, 0.4) is 0 Å². The molecule has 21 heavy (non-hydrogen) atoms. The molecule has 0 radical (unpaired) electrons. The number of hydrogen-bond acceptors (Lipinski definition) is 3. The molecule has 0 heterocycles. The smallest absolute Gasteiger partial charge is 0.403 e. The van der Waals surface area contributed by atoms with Crippen LogP contribution in [0, 0.1) is 10.8 Å². The Morgan fingerprint density at radius 3 is 1.86 bits per heavy atom. The quantitative estimate of drug-likeness (QED) is 0.462. The Hall–Kier alpha value is -0.800. The van der Waals surface area contributed by atoms with Crippen molar-refractivity contribution < 1.29 is 14.6 Å². The third-order valence-corrected chi connectivity index (χ3v) is 3.16. The highest BCUT2D eigenvalue weighted by Crippen LogP contribution is 2.23. The maximum absolute atomic E-state index is 10.3. The zero-order valence-electron chi connectivity index (χ0n) is 14.0. The number of halogens is 1. The number of aliphatic hydroxyl groups is 1. The van der Waals surface area contributed by atoms with Crippen molar-refractivity contribution in [3.05, 3.63) is 25.3 Å². The first-order valence-electron chi connectivity index (χ1n) is 7.25. The molecule has 4 heteroatoms. The standard InChI is InChI=1S/C9H15ClO2.C8H16O/c1-4-5-6-9(2,3)7-12-8(10)11;1-4-5-6-8(2,3)7-9/h4H,1,5-7H2,2-3H3;4,9H,1,5-7H2,2-3H3. The number of carbonyl (C=O) groups excluding carboxylic acids is 1. The van der Waals surface area contributed by atoms with Crippen molar-refractivity contribution in [3.8, 4) is 0 Å². The van der Waals surface area contributed by atoms with Crippen LogP contribution in [0.5, 0.6) is 0 Å². The van der Waals surface area contributed by atoms with E-state index in [1.54, 1.807) is 0 Å². The molecule has 0 amide bonds. The molecule has 0 aromatic rings. The molecule has 0 aromatic carbocycles. The predicted molar refractivity (Wildman–Crippen MR) is 90.7 cm³/mol. The van der Waals surface area contributed by atoms with Crippen LogP contribution < -0.4 is 0 Å². The number of allylic oxidation sites excluding steroid dienone is 2. The molecule has 0 atom stereocenters. The highest BCUT2D eigenvalue weighted by molar-refractivity contribution is 6.61. The van der Waals surface area contributed by atoms with Gasteiger partial charge in [0.2, 0.25) is 0 Å². The van der Waals surface area contributed by atoms with Crippen molar-refractivity contribution >= 4 is 17.0 Å². The van der Waals surface area contributed by atoms with Crippen LogP contribution in [0.25, 0.3) is 0 Å². The molecule has 0 aliphatic carbocycles. The topological polar surface area (TPSA) is 46.5 Å². The zero-order chi connectivity index (χ0) is 16.9. The third-order valence-electron chi connectivity index (χ3n) is 3.05. The van der Waals surface area contributed by atoms with Gasteiger partial charge in [-0.05, 0) is 36.5 Å². The Morgan fingerprint density at radius 2 is 1.52 bits per heavy atom. The van der Waals surface area contributed by atoms with Crippen molar-refractivity contribution in [2.45, 2.75) is 53.4 Å². The van der Waals surface area contributed by atoms with Crippen molar-refractivity contribution in [1.82, 2.24) is 0 Å². The normalized spacial score (nSPS) is 11.1. The SMILES string of the molecule is C=CCCC(C)(C)CO.C=CCCC(C)(C)COC(=O)Cl. The lowest BCUT2D eigenvalue weighted by atomic mass is 9.89. The summed E-state index contributed by atoms with van der Waals surface area (Å²) in [4.78, 5) is 10.3. The number of rotatable bonds is 9. The molecule has 124 valence electrons. The molecular formula is C17H31ClO3. The van der Waals surface area contributed by atoms with Crippen LogP contribution in [-0.2, 0) is 4.74 Å². The molecule has 0 spiro atoms. The zero-order valence-corrected chi connectivity index (χ0v) is 14.7. The van der Waals surface area contributed by atoms with E-state index in [-0.39, 0.29) is 17.4 Å². The second-order valence-corrected chi connectivity index (χ2v) is 6.98. The fourth-order valence-corrected chi connectivity index (χ4v) is 1.44. The van der Waals surface area contributed by atoms with Crippen LogP contribution in [0.15, 0.2) is 25.3 Å². The van der Waals surface area contributed by atoms with E-state index >= 15 is 0 Å². The Kier molecular flexibility index (Phi) is 12.6. The molecule has 0 rings (SSSR count). The van der Waals surface area contributed by atoms with Crippen LogP contribution in [0.1, 0.15) is 53.4 Å². The Labute approximate surface area is 135 Å². The van der Waals surface area contributed by atoms with Gasteiger partial charge in [0.1, 0.15) is 0 Å². The van der Waals surface area contributed by atoms with Crippen molar-refractivity contribution in [2.75, 3.05) is 13.2 Å². The summed E-state index contributed by atoms with van der Waals surface area (Å²) in [5.41, 5.74) is -0.672. The van der Waals surface area contributed by atoms with Gasteiger partial charge in [-0.3, -0.25) is 0 Å². The molecule has 0 saturated heterocycles. The number of hydrogen-bond donors (Lipinski definition) is 1. The van der Waals surface area contributed by atoms with E-state index in [1.165, 1.54) is 0 Å². The summed E-state index contributed by atoms with van der Waals surface area (Å²) in [5.74, 6) is 0. The van der Waals surface area contributed by atoms with Crippen LogP contribution in [0.4, 0.5) is 4.79 Å². The minimum absolute atomic E-state index is 0.0151. The van der Waals surface area contributed by atoms with Crippen LogP contribution in [-0.4, -0.2) is 23.7 Å². The summed E-state index contributed by atoms with van der Waals surface area (Å²) in [6.07, 6.45) is 7.62. The summed E-state index contributed by atoms with van der Waals surface area (Å²) in [7, 11) is 0. The van der Waals surface area contributed by atoms with Gasteiger partial charge in [-0.25, -0.2) is 4.79 Å². The maximum Gasteiger partial charge on any atom is 0.403 e. The molecule has 0 aliphatic heterocycles. The third kappa shape index (κ3) is 17.1. The Morgan fingerprint density at radius 1 is 1.10 bits per heavy atom. The van der Waals surface area contributed by atoms with Crippen LogP contribution in [0.2, 0.25) is 0 Å². The maximum atomic E-state index is 10.3. The molecular weight excluding hydrogens is 288 g/mol. The Bertz CT molecular complexity index is 309. The summed E-state index contributed by atoms with van der Waals surface area (Å²) < 4.78 is 4.70. The van der Waals surface area contributed by atoms with E-state index in [4.69, 9.17) is 21.4 Å². The fraction of sp³-hybridized carbons (Fsp3) is 0.706. The minimum atomic E-state index is -0.735. The van der Waals surface area contributed by atoms with Gasteiger partial charge in [-0.2, -0.15) is 0 Å². The molecule has 0 saturated carbocycles. The fourth-order valence-electron chi connectivity index (χ4n) is 1.39. The van der Waals surface area contributed by atoms with Gasteiger partial charge < -0.3 is 9.84 Å². The largest absolute Gasteiger partial charge is 0.453 e. The molecule has 0 aliphatic rings. The van der Waals surface area contributed by atoms with Crippen molar-refractivity contribution in [1.29, 1.82) is 0 Å². The van der Waals surface area contributed by atoms with E-state index in [0.717, 1.165) is 25.7 Å². The summed E-state index contributed by atoms with van der Waals surface area (Å²) in [6, 6.07) is 0. The lowest BCUT2D eigenvalue weighted by Crippen LogP contribution is -2.19. The van der Waals surface area contributed by atoms with Gasteiger partial charge in [-0.15, -0.1) is 13.2 Å². The molecule has 3 nitrogen and oxygen atoms in total. The van der Waals surface area contributed by atoms with Crippen LogP contribution >= 0.6 is 11.6 Å². The molecule has 0 unspecified atom stereocenters. The van der Waals surface area contributed by atoms with E-state index in [1.807, 2.05) is 26.0 Å². The summed E-state index contributed by atoms with van der Waals surface area (Å²) in [5, 5.41) is 8.79.